The number of sulfone groups is 1. The number of ether oxygens (including phenoxy) is 2. The lowest BCUT2D eigenvalue weighted by molar-refractivity contribution is 0.0927. The molecule has 0 aromatic heterocycles. The predicted molar refractivity (Wildman–Crippen MR) is 99.9 cm³/mol. The number of hydrogen-bond acceptors (Lipinski definition) is 5. The highest BCUT2D eigenvalue weighted by Crippen LogP contribution is 2.43. The Morgan fingerprint density at radius 1 is 1.11 bits per heavy atom. The third-order valence-electron chi connectivity index (χ3n) is 4.92. The molecule has 0 bridgehead atoms. The zero-order chi connectivity index (χ0) is 19.9. The third-order valence-corrected chi connectivity index (χ3v) is 6.03. The number of fused-ring (bicyclic) bond motifs is 1. The average Bonchev–Trinajstić information content (AvgIpc) is 3.50. The Bertz CT molecular complexity index is 1030. The molecule has 1 fully saturated rings. The van der Waals surface area contributed by atoms with Gasteiger partial charge in [0.1, 0.15) is 19.0 Å². The summed E-state index contributed by atoms with van der Waals surface area (Å²) in [5, 5.41) is 2.87. The van der Waals surface area contributed by atoms with Gasteiger partial charge in [-0.2, -0.15) is 0 Å². The number of carbonyl (C=O) groups excluding carboxylic acids is 1. The first-order valence-corrected chi connectivity index (χ1v) is 10.9. The summed E-state index contributed by atoms with van der Waals surface area (Å²) in [4.78, 5) is 12.7. The van der Waals surface area contributed by atoms with E-state index in [9.17, 15) is 17.6 Å². The Hall–Kier alpha value is -2.61. The van der Waals surface area contributed by atoms with Crippen LogP contribution in [0.25, 0.3) is 0 Å². The van der Waals surface area contributed by atoms with Crippen LogP contribution in [0, 0.1) is 11.7 Å². The molecule has 8 heteroatoms. The van der Waals surface area contributed by atoms with E-state index in [1.54, 1.807) is 6.07 Å². The van der Waals surface area contributed by atoms with Crippen LogP contribution in [0.4, 0.5) is 4.39 Å². The smallest absolute Gasteiger partial charge is 0.254 e. The maximum Gasteiger partial charge on any atom is 0.254 e. The second-order valence-corrected chi connectivity index (χ2v) is 9.12. The molecule has 1 atom stereocenters. The molecule has 2 aromatic carbocycles. The van der Waals surface area contributed by atoms with Gasteiger partial charge in [0, 0.05) is 6.26 Å². The lowest BCUT2D eigenvalue weighted by atomic mass is 10.0. The summed E-state index contributed by atoms with van der Waals surface area (Å²) in [5.41, 5.74) is 0.561. The standard InChI is InChI=1S/C20H20FNO5S/c1-28(24,25)14-5-6-16(21)15(11-14)20(23)22-19(12-2-3-12)13-4-7-17-18(10-13)27-9-8-26-17/h4-7,10-12,19H,2-3,8-9H2,1H3,(H,22,23). The summed E-state index contributed by atoms with van der Waals surface area (Å²) >= 11 is 0. The fraction of sp³-hybridized carbons (Fsp3) is 0.350. The van der Waals surface area contributed by atoms with Crippen LogP contribution in [0.1, 0.15) is 34.8 Å². The normalized spacial score (nSPS) is 17.1. The van der Waals surface area contributed by atoms with Gasteiger partial charge in [-0.1, -0.05) is 6.07 Å². The van der Waals surface area contributed by atoms with Crippen molar-refractivity contribution in [2.24, 2.45) is 5.92 Å². The lowest BCUT2D eigenvalue weighted by Crippen LogP contribution is -2.31. The summed E-state index contributed by atoms with van der Waals surface area (Å²) in [6, 6.07) is 8.41. The van der Waals surface area contributed by atoms with Crippen molar-refractivity contribution in [2.75, 3.05) is 19.5 Å². The van der Waals surface area contributed by atoms with Gasteiger partial charge in [-0.05, 0) is 54.7 Å². The molecule has 2 aliphatic rings. The summed E-state index contributed by atoms with van der Waals surface area (Å²) in [6.07, 6.45) is 2.92. The Morgan fingerprint density at radius 3 is 2.50 bits per heavy atom. The van der Waals surface area contributed by atoms with Crippen molar-refractivity contribution in [2.45, 2.75) is 23.8 Å². The molecule has 1 saturated carbocycles. The second kappa shape index (κ2) is 7.09. The molecule has 4 rings (SSSR count). The molecule has 1 aliphatic heterocycles. The fourth-order valence-electron chi connectivity index (χ4n) is 3.28. The van der Waals surface area contributed by atoms with Gasteiger partial charge < -0.3 is 14.8 Å². The van der Waals surface area contributed by atoms with Gasteiger partial charge in [-0.3, -0.25) is 4.79 Å². The van der Waals surface area contributed by atoms with E-state index in [0.29, 0.717) is 24.7 Å². The molecule has 0 spiro atoms. The highest BCUT2D eigenvalue weighted by molar-refractivity contribution is 7.90. The van der Waals surface area contributed by atoms with Crippen molar-refractivity contribution in [3.8, 4) is 11.5 Å². The van der Waals surface area contributed by atoms with E-state index in [1.165, 1.54) is 0 Å². The summed E-state index contributed by atoms with van der Waals surface area (Å²) < 4.78 is 48.8. The molecular formula is C20H20FNO5S. The number of amides is 1. The van der Waals surface area contributed by atoms with E-state index in [1.807, 2.05) is 12.1 Å². The van der Waals surface area contributed by atoms with Gasteiger partial charge in [-0.15, -0.1) is 0 Å². The highest BCUT2D eigenvalue weighted by atomic mass is 32.2. The monoisotopic (exact) mass is 405 g/mol. The van der Waals surface area contributed by atoms with Crippen LogP contribution in [0.3, 0.4) is 0 Å². The first-order chi connectivity index (χ1) is 13.3. The minimum atomic E-state index is -3.55. The number of hydrogen-bond donors (Lipinski definition) is 1. The molecule has 6 nitrogen and oxygen atoms in total. The van der Waals surface area contributed by atoms with E-state index in [0.717, 1.165) is 42.9 Å². The van der Waals surface area contributed by atoms with E-state index in [2.05, 4.69) is 5.32 Å². The maximum absolute atomic E-state index is 14.2. The minimum Gasteiger partial charge on any atom is -0.486 e. The van der Waals surface area contributed by atoms with Crippen LogP contribution >= 0.6 is 0 Å². The van der Waals surface area contributed by atoms with Crippen LogP contribution in [0.2, 0.25) is 0 Å². The van der Waals surface area contributed by atoms with Gasteiger partial charge in [0.2, 0.25) is 0 Å². The number of carbonyl (C=O) groups is 1. The summed E-state index contributed by atoms with van der Waals surface area (Å²) in [5.74, 6) is 0.112. The minimum absolute atomic E-state index is 0.0960. The van der Waals surface area contributed by atoms with E-state index >= 15 is 0 Å². The van der Waals surface area contributed by atoms with Crippen molar-refractivity contribution in [3.63, 3.8) is 0 Å². The molecule has 1 unspecified atom stereocenters. The number of rotatable bonds is 5. The van der Waals surface area contributed by atoms with Crippen LogP contribution in [-0.4, -0.2) is 33.8 Å². The van der Waals surface area contributed by atoms with Gasteiger partial charge in [0.25, 0.3) is 5.91 Å². The van der Waals surface area contributed by atoms with Crippen LogP contribution in [0.15, 0.2) is 41.3 Å². The van der Waals surface area contributed by atoms with E-state index < -0.39 is 21.6 Å². The molecule has 0 saturated heterocycles. The van der Waals surface area contributed by atoms with Gasteiger partial charge >= 0.3 is 0 Å². The largest absolute Gasteiger partial charge is 0.486 e. The topological polar surface area (TPSA) is 81.7 Å². The Kier molecular flexibility index (Phi) is 4.74. The zero-order valence-corrected chi connectivity index (χ0v) is 16.1. The molecule has 1 heterocycles. The van der Waals surface area contributed by atoms with Gasteiger partial charge in [0.05, 0.1) is 16.5 Å². The van der Waals surface area contributed by atoms with E-state index in [-0.39, 0.29) is 22.4 Å². The van der Waals surface area contributed by atoms with Crippen molar-refractivity contribution in [1.82, 2.24) is 5.32 Å². The molecule has 1 amide bonds. The fourth-order valence-corrected chi connectivity index (χ4v) is 3.93. The summed E-state index contributed by atoms with van der Waals surface area (Å²) in [7, 11) is -3.55. The van der Waals surface area contributed by atoms with E-state index in [4.69, 9.17) is 9.47 Å². The molecule has 2 aromatic rings. The Morgan fingerprint density at radius 2 is 1.82 bits per heavy atom. The molecular weight excluding hydrogens is 385 g/mol. The van der Waals surface area contributed by atoms with Gasteiger partial charge in [0.15, 0.2) is 21.3 Å². The Balaban J connectivity index is 1.62. The zero-order valence-electron chi connectivity index (χ0n) is 15.3. The first kappa shape index (κ1) is 18.7. The van der Waals surface area contributed by atoms with Crippen LogP contribution < -0.4 is 14.8 Å². The first-order valence-electron chi connectivity index (χ1n) is 9.03. The number of halogens is 1. The molecule has 1 aliphatic carbocycles. The molecule has 28 heavy (non-hydrogen) atoms. The quantitative estimate of drug-likeness (QED) is 0.774. The van der Waals surface area contributed by atoms with Crippen molar-refractivity contribution in [3.05, 3.63) is 53.3 Å². The van der Waals surface area contributed by atoms with Gasteiger partial charge in [-0.25, -0.2) is 12.8 Å². The summed E-state index contributed by atoms with van der Waals surface area (Å²) in [6.45, 7) is 0.950. The highest BCUT2D eigenvalue weighted by Gasteiger charge is 2.35. The number of nitrogens with one attached hydrogen (secondary N) is 1. The Labute approximate surface area is 162 Å². The second-order valence-electron chi connectivity index (χ2n) is 7.11. The lowest BCUT2D eigenvalue weighted by Gasteiger charge is -2.23. The van der Waals surface area contributed by atoms with Crippen molar-refractivity contribution < 1.29 is 27.1 Å². The molecule has 148 valence electrons. The van der Waals surface area contributed by atoms with Crippen molar-refractivity contribution >= 4 is 15.7 Å². The molecule has 0 radical (unpaired) electrons. The van der Waals surface area contributed by atoms with Crippen LogP contribution in [0.5, 0.6) is 11.5 Å². The average molecular weight is 405 g/mol. The van der Waals surface area contributed by atoms with Crippen LogP contribution in [-0.2, 0) is 9.84 Å². The number of benzene rings is 2. The molecule has 1 N–H and O–H groups in total. The van der Waals surface area contributed by atoms with Crippen molar-refractivity contribution in [1.29, 1.82) is 0 Å². The predicted octanol–water partition coefficient (Wildman–Crippen LogP) is 2.88. The third kappa shape index (κ3) is 3.82. The SMILES string of the molecule is CS(=O)(=O)c1ccc(F)c(C(=O)NC(c2ccc3c(c2)OCCO3)C2CC2)c1. The maximum atomic E-state index is 14.2.